The van der Waals surface area contributed by atoms with Crippen molar-refractivity contribution in [3.63, 3.8) is 0 Å². The maximum atomic E-state index is 15.1. The highest BCUT2D eigenvalue weighted by Crippen LogP contribution is 2.88. The molecule has 3 amide bonds. The molecule has 1 unspecified atom stereocenters. The lowest BCUT2D eigenvalue weighted by Gasteiger charge is -2.39. The second-order valence-corrected chi connectivity index (χ2v) is 20.3. The fraction of sp³-hybridized carbons (Fsp3) is 0.864. The van der Waals surface area contributed by atoms with Gasteiger partial charge in [0.15, 0.2) is 5.78 Å². The van der Waals surface area contributed by atoms with Crippen LogP contribution in [0.5, 0.6) is 0 Å². The average Bonchev–Trinajstić information content (AvgIpc) is 3.27. The molecule has 7 atom stereocenters. The maximum absolute atomic E-state index is 15.1. The molecule has 0 aromatic carbocycles. The van der Waals surface area contributed by atoms with Gasteiger partial charge in [0.05, 0.1) is 18.2 Å². The van der Waals surface area contributed by atoms with E-state index >= 15 is 4.79 Å². The number of carbonyl (C=O) groups is 6. The zero-order valence-corrected chi connectivity index (χ0v) is 34.4. The first-order chi connectivity index (χ1) is 25.3. The number of hydrogen-bond donors (Lipinski definition) is 1. The lowest BCUT2D eigenvalue weighted by atomic mass is 9.73. The summed E-state index contributed by atoms with van der Waals surface area (Å²) in [5.41, 5.74) is 4.73. The molecule has 2 saturated heterocycles. The summed E-state index contributed by atoms with van der Waals surface area (Å²) in [6.45, 7) is 16.0. The maximum Gasteiger partial charge on any atom is 0.285 e. The number of nitrogens with two attached hydrogens (primary N) is 1. The molecule has 0 bridgehead atoms. The number of carbonyl (C=O) groups excluding carboxylic acids is 6. The molecule has 2 N–H and O–H groups in total. The predicted molar refractivity (Wildman–Crippen MR) is 206 cm³/mol. The van der Waals surface area contributed by atoms with Gasteiger partial charge < -0.3 is 20.3 Å². The van der Waals surface area contributed by atoms with Gasteiger partial charge in [0, 0.05) is 62.1 Å². The van der Waals surface area contributed by atoms with Crippen molar-refractivity contribution >= 4 is 35.1 Å². The first-order valence-corrected chi connectivity index (χ1v) is 21.4. The molecule has 54 heavy (non-hydrogen) atoms. The fourth-order valence-electron chi connectivity index (χ4n) is 12.2. The standard InChI is InChI=1S/C44H69N3O7/c1-27-24-46(25-28(2)54-27)39(52)33(30-15-9-8-10-16-30)21-32(48)22-34(41(3,4)5)40(53)47-26-44(42(6,7)43(44)17-12-18-43)23-35(47)36(49)20-31(37(50)38(45)51)19-29-13-11-14-29/h27-31,33-35H,8-26H2,1-7H3,(H2,45,51)/t27-,28+,31?,33-,34+,35-,44+/m0/s1. The van der Waals surface area contributed by atoms with E-state index in [4.69, 9.17) is 10.5 Å². The van der Waals surface area contributed by atoms with E-state index in [1.807, 2.05) is 39.5 Å². The minimum absolute atomic E-state index is 0.0121. The van der Waals surface area contributed by atoms with Crippen molar-refractivity contribution in [1.29, 1.82) is 0 Å². The van der Waals surface area contributed by atoms with E-state index in [2.05, 4.69) is 13.8 Å². The summed E-state index contributed by atoms with van der Waals surface area (Å²) in [5.74, 6) is -3.53. The van der Waals surface area contributed by atoms with Crippen LogP contribution in [0.4, 0.5) is 0 Å². The monoisotopic (exact) mass is 752 g/mol. The van der Waals surface area contributed by atoms with Crippen molar-refractivity contribution in [3.05, 3.63) is 0 Å². The molecular weight excluding hydrogens is 682 g/mol. The summed E-state index contributed by atoms with van der Waals surface area (Å²) in [4.78, 5) is 87.0. The number of primary amides is 1. The van der Waals surface area contributed by atoms with Gasteiger partial charge in [-0.1, -0.05) is 79.6 Å². The zero-order valence-electron chi connectivity index (χ0n) is 34.4. The molecule has 10 heteroatoms. The molecule has 6 aliphatic rings. The van der Waals surface area contributed by atoms with Crippen molar-refractivity contribution in [3.8, 4) is 0 Å². The van der Waals surface area contributed by atoms with Crippen LogP contribution in [0.2, 0.25) is 0 Å². The van der Waals surface area contributed by atoms with Gasteiger partial charge in [-0.2, -0.15) is 0 Å². The van der Waals surface area contributed by atoms with Crippen LogP contribution in [0.3, 0.4) is 0 Å². The Hall–Kier alpha value is -2.62. The van der Waals surface area contributed by atoms with Crippen molar-refractivity contribution < 1.29 is 33.5 Å². The topological polar surface area (TPSA) is 144 Å². The molecule has 2 aliphatic heterocycles. The van der Waals surface area contributed by atoms with Crippen LogP contribution >= 0.6 is 0 Å². The largest absolute Gasteiger partial charge is 0.372 e. The third-order valence-corrected chi connectivity index (χ3v) is 15.9. The minimum atomic E-state index is -1.01. The number of rotatable bonds is 14. The van der Waals surface area contributed by atoms with Gasteiger partial charge in [-0.15, -0.1) is 0 Å². The lowest BCUT2D eigenvalue weighted by molar-refractivity contribution is -0.152. The van der Waals surface area contributed by atoms with E-state index < -0.39 is 40.9 Å². The molecule has 10 nitrogen and oxygen atoms in total. The van der Waals surface area contributed by atoms with Crippen LogP contribution in [0.15, 0.2) is 0 Å². The highest BCUT2D eigenvalue weighted by molar-refractivity contribution is 6.36. The molecule has 302 valence electrons. The SMILES string of the molecule is C[C@@H]1CN(C(=O)[C@@H](CC(=O)C[C@H](C(=O)N2C[C@]3(C[C@H]2C(=O)CC(CC2CCC2)C(=O)C(N)=O)C(C)(C)C32CCC2)C(C)(C)C)C2CCCCC2)C[C@H](C)O1. The van der Waals surface area contributed by atoms with Gasteiger partial charge >= 0.3 is 0 Å². The Kier molecular flexibility index (Phi) is 11.7. The summed E-state index contributed by atoms with van der Waals surface area (Å²) in [5, 5.41) is 0. The molecule has 4 saturated carbocycles. The van der Waals surface area contributed by atoms with E-state index in [0.717, 1.165) is 70.6 Å². The molecule has 4 aliphatic carbocycles. The molecule has 0 aromatic heterocycles. The minimum Gasteiger partial charge on any atom is -0.372 e. The number of likely N-dealkylation sites (tertiary alicyclic amines) is 1. The van der Waals surface area contributed by atoms with Crippen molar-refractivity contribution in [2.24, 2.45) is 57.0 Å². The van der Waals surface area contributed by atoms with E-state index in [9.17, 15) is 24.0 Å². The van der Waals surface area contributed by atoms with Crippen LogP contribution in [0.1, 0.15) is 151 Å². The van der Waals surface area contributed by atoms with E-state index in [0.29, 0.717) is 38.4 Å². The van der Waals surface area contributed by atoms with E-state index in [-0.39, 0.29) is 77.0 Å². The van der Waals surface area contributed by atoms with Crippen LogP contribution in [0.25, 0.3) is 0 Å². The molecule has 2 spiro atoms. The quantitative estimate of drug-likeness (QED) is 0.201. The van der Waals surface area contributed by atoms with Crippen molar-refractivity contribution in [2.75, 3.05) is 19.6 Å². The Bertz CT molecular complexity index is 1470. The number of ketones is 3. The fourth-order valence-corrected chi connectivity index (χ4v) is 12.2. The first kappa shape index (κ1) is 41.0. The zero-order chi connectivity index (χ0) is 39.4. The number of hydrogen-bond acceptors (Lipinski definition) is 7. The Morgan fingerprint density at radius 1 is 0.796 bits per heavy atom. The number of Topliss-reactive ketones (excluding diaryl/α,β-unsaturated/α-hetero) is 3. The number of amides is 3. The Morgan fingerprint density at radius 2 is 1.43 bits per heavy atom. The van der Waals surface area contributed by atoms with Gasteiger partial charge in [-0.3, -0.25) is 28.8 Å². The number of nitrogens with zero attached hydrogens (tertiary/aromatic N) is 2. The normalized spacial score (nSPS) is 31.0. The summed E-state index contributed by atoms with van der Waals surface area (Å²) in [6, 6.07) is -0.719. The highest BCUT2D eigenvalue weighted by atomic mass is 16.5. The van der Waals surface area contributed by atoms with E-state index in [1.165, 1.54) is 0 Å². The van der Waals surface area contributed by atoms with Crippen molar-refractivity contribution in [2.45, 2.75) is 169 Å². The molecule has 6 rings (SSSR count). The smallest absolute Gasteiger partial charge is 0.285 e. The second-order valence-electron chi connectivity index (χ2n) is 20.3. The second kappa shape index (κ2) is 15.4. The number of ether oxygens (including phenoxy) is 1. The van der Waals surface area contributed by atoms with Crippen LogP contribution in [0, 0.1) is 51.2 Å². The third-order valence-electron chi connectivity index (χ3n) is 15.9. The molecule has 2 heterocycles. The Labute approximate surface area is 323 Å². The van der Waals surface area contributed by atoms with Gasteiger partial charge in [-0.05, 0) is 80.5 Å². The average molecular weight is 752 g/mol. The highest BCUT2D eigenvalue weighted by Gasteiger charge is 2.85. The van der Waals surface area contributed by atoms with Gasteiger partial charge in [-0.25, -0.2) is 0 Å². The van der Waals surface area contributed by atoms with Gasteiger partial charge in [0.25, 0.3) is 5.91 Å². The Balaban J connectivity index is 1.24. The van der Waals surface area contributed by atoms with Crippen LogP contribution in [-0.2, 0) is 33.5 Å². The third kappa shape index (κ3) is 7.47. The van der Waals surface area contributed by atoms with Gasteiger partial charge in [0.1, 0.15) is 5.78 Å². The number of fused-ring (bicyclic) bond motifs is 1. The lowest BCUT2D eigenvalue weighted by Crippen LogP contribution is -2.51. The number of morpholine rings is 1. The van der Waals surface area contributed by atoms with Crippen LogP contribution < -0.4 is 5.73 Å². The van der Waals surface area contributed by atoms with Gasteiger partial charge in [0.2, 0.25) is 17.6 Å². The van der Waals surface area contributed by atoms with Crippen molar-refractivity contribution in [1.82, 2.24) is 9.80 Å². The molecular formula is C44H69N3O7. The summed E-state index contributed by atoms with van der Waals surface area (Å²) >= 11 is 0. The van der Waals surface area contributed by atoms with E-state index in [1.54, 1.807) is 4.90 Å². The predicted octanol–water partition coefficient (Wildman–Crippen LogP) is 6.45. The summed E-state index contributed by atoms with van der Waals surface area (Å²) in [7, 11) is 0. The molecule has 0 aromatic rings. The first-order valence-electron chi connectivity index (χ1n) is 21.4. The molecule has 0 radical (unpaired) electrons. The molecule has 6 fully saturated rings. The summed E-state index contributed by atoms with van der Waals surface area (Å²) in [6.07, 6.45) is 12.3. The van der Waals surface area contributed by atoms with Crippen LogP contribution in [-0.4, -0.2) is 82.8 Å². The Morgan fingerprint density at radius 3 is 1.93 bits per heavy atom. The summed E-state index contributed by atoms with van der Waals surface area (Å²) < 4.78 is 5.92.